The van der Waals surface area contributed by atoms with Gasteiger partial charge in [-0.3, -0.25) is 0 Å². The summed E-state index contributed by atoms with van der Waals surface area (Å²) in [4.78, 5) is 11.5. The quantitative estimate of drug-likeness (QED) is 0.705. The van der Waals surface area contributed by atoms with Crippen LogP contribution in [0.4, 0.5) is 0 Å². The smallest absolute Gasteiger partial charge is 0.338 e. The normalized spacial score (nSPS) is 9.00. The van der Waals surface area contributed by atoms with Crippen LogP contribution in [0.5, 0.6) is 0 Å². The minimum Gasteiger partial charge on any atom is -0.462 e. The first-order chi connectivity index (χ1) is 7.63. The molecule has 0 N–H and O–H groups in total. The third kappa shape index (κ3) is 2.18. The first-order valence-corrected chi connectivity index (χ1v) is 4.76. The van der Waals surface area contributed by atoms with Crippen molar-refractivity contribution >= 4 is 5.97 Å². The van der Waals surface area contributed by atoms with E-state index in [-0.39, 0.29) is 12.2 Å². The second kappa shape index (κ2) is 4.95. The molecule has 1 aromatic rings. The summed E-state index contributed by atoms with van der Waals surface area (Å²) < 4.78 is 4.81. The van der Waals surface area contributed by atoms with Crippen molar-refractivity contribution in [2.75, 3.05) is 6.61 Å². The van der Waals surface area contributed by atoms with E-state index in [9.17, 15) is 4.79 Å². The molecule has 4 heteroatoms. The van der Waals surface area contributed by atoms with E-state index in [4.69, 9.17) is 15.3 Å². The molecule has 0 saturated heterocycles. The molecule has 0 aliphatic rings. The summed E-state index contributed by atoms with van der Waals surface area (Å²) in [6.07, 6.45) is 0. The van der Waals surface area contributed by atoms with Gasteiger partial charge in [0.1, 0.15) is 0 Å². The molecule has 0 aliphatic heterocycles. The van der Waals surface area contributed by atoms with Crippen molar-refractivity contribution in [2.24, 2.45) is 0 Å². The SMILES string of the molecule is CCOC(=O)c1cc(C#N)c(C)c(C#N)c1. The molecule has 0 aromatic heterocycles. The van der Waals surface area contributed by atoms with Gasteiger partial charge >= 0.3 is 5.97 Å². The van der Waals surface area contributed by atoms with Crippen LogP contribution in [-0.4, -0.2) is 12.6 Å². The van der Waals surface area contributed by atoms with Gasteiger partial charge in [-0.05, 0) is 31.5 Å². The second-order valence-corrected chi connectivity index (χ2v) is 3.14. The number of carbonyl (C=O) groups is 1. The highest BCUT2D eigenvalue weighted by Gasteiger charge is 2.12. The van der Waals surface area contributed by atoms with Crippen LogP contribution in [0.25, 0.3) is 0 Å². The molecule has 1 rings (SSSR count). The third-order valence-corrected chi connectivity index (χ3v) is 2.16. The van der Waals surface area contributed by atoms with Crippen LogP contribution in [0.3, 0.4) is 0 Å². The van der Waals surface area contributed by atoms with Crippen molar-refractivity contribution in [1.29, 1.82) is 10.5 Å². The van der Waals surface area contributed by atoms with Gasteiger partial charge in [-0.1, -0.05) is 0 Å². The molecular weight excluding hydrogens is 204 g/mol. The predicted molar refractivity (Wildman–Crippen MR) is 56.6 cm³/mol. The minimum absolute atomic E-state index is 0.237. The van der Waals surface area contributed by atoms with Crippen molar-refractivity contribution in [3.8, 4) is 12.1 Å². The Bertz CT molecular complexity index is 472. The Hall–Kier alpha value is -2.33. The molecule has 0 fully saturated rings. The average Bonchev–Trinajstić information content (AvgIpc) is 2.29. The molecule has 0 unspecified atom stereocenters. The van der Waals surface area contributed by atoms with Crippen molar-refractivity contribution in [2.45, 2.75) is 13.8 Å². The van der Waals surface area contributed by atoms with Crippen LogP contribution in [-0.2, 0) is 4.74 Å². The van der Waals surface area contributed by atoms with Gasteiger partial charge in [0.25, 0.3) is 0 Å². The number of esters is 1. The molecule has 4 nitrogen and oxygen atoms in total. The van der Waals surface area contributed by atoms with Crippen molar-refractivity contribution in [1.82, 2.24) is 0 Å². The Morgan fingerprint density at radius 3 is 2.19 bits per heavy atom. The summed E-state index contributed by atoms with van der Waals surface area (Å²) in [5.41, 5.74) is 1.46. The standard InChI is InChI=1S/C12H10N2O2/c1-3-16-12(15)9-4-10(6-13)8(2)11(5-9)7-14/h4-5H,3H2,1-2H3. The Kier molecular flexibility index (Phi) is 3.63. The van der Waals surface area contributed by atoms with Crippen LogP contribution in [0, 0.1) is 29.6 Å². The maximum atomic E-state index is 11.5. The second-order valence-electron chi connectivity index (χ2n) is 3.14. The summed E-state index contributed by atoms with van der Waals surface area (Å²) in [6, 6.07) is 6.77. The fraction of sp³-hybridized carbons (Fsp3) is 0.250. The lowest BCUT2D eigenvalue weighted by atomic mass is 10.00. The molecule has 0 aliphatic carbocycles. The topological polar surface area (TPSA) is 73.9 Å². The van der Waals surface area contributed by atoms with Crippen molar-refractivity contribution in [3.05, 3.63) is 34.4 Å². The van der Waals surface area contributed by atoms with Crippen LogP contribution in [0.2, 0.25) is 0 Å². The summed E-state index contributed by atoms with van der Waals surface area (Å²) in [5, 5.41) is 17.7. The lowest BCUT2D eigenvalue weighted by Gasteiger charge is -2.05. The highest BCUT2D eigenvalue weighted by molar-refractivity contribution is 5.90. The maximum absolute atomic E-state index is 11.5. The Morgan fingerprint density at radius 1 is 1.31 bits per heavy atom. The first-order valence-electron chi connectivity index (χ1n) is 4.76. The number of carbonyl (C=O) groups excluding carboxylic acids is 1. The molecule has 1 aromatic carbocycles. The van der Waals surface area contributed by atoms with Crippen molar-refractivity contribution in [3.63, 3.8) is 0 Å². The first kappa shape index (κ1) is 11.7. The maximum Gasteiger partial charge on any atom is 0.338 e. The Labute approximate surface area is 93.7 Å². The molecule has 80 valence electrons. The number of benzene rings is 1. The monoisotopic (exact) mass is 214 g/mol. The number of nitriles is 2. The molecule has 0 bridgehead atoms. The zero-order chi connectivity index (χ0) is 12.1. The summed E-state index contributed by atoms with van der Waals surface area (Å²) in [5.74, 6) is -0.518. The fourth-order valence-corrected chi connectivity index (χ4v) is 1.28. The van der Waals surface area contributed by atoms with Gasteiger partial charge in [0, 0.05) is 0 Å². The van der Waals surface area contributed by atoms with E-state index >= 15 is 0 Å². The Morgan fingerprint density at radius 2 is 1.81 bits per heavy atom. The van der Waals surface area contributed by atoms with E-state index in [1.807, 2.05) is 12.1 Å². The van der Waals surface area contributed by atoms with Crippen LogP contribution in [0.15, 0.2) is 12.1 Å². The van der Waals surface area contributed by atoms with Crippen LogP contribution >= 0.6 is 0 Å². The minimum atomic E-state index is -0.518. The van der Waals surface area contributed by atoms with Crippen LogP contribution < -0.4 is 0 Å². The predicted octanol–water partition coefficient (Wildman–Crippen LogP) is 1.92. The molecule has 0 saturated carbocycles. The third-order valence-electron chi connectivity index (χ3n) is 2.16. The van der Waals surface area contributed by atoms with Crippen LogP contribution in [0.1, 0.15) is 34.0 Å². The highest BCUT2D eigenvalue weighted by Crippen LogP contribution is 2.16. The lowest BCUT2D eigenvalue weighted by molar-refractivity contribution is 0.0526. The largest absolute Gasteiger partial charge is 0.462 e. The zero-order valence-electron chi connectivity index (χ0n) is 9.07. The number of ether oxygens (including phenoxy) is 1. The summed E-state index contributed by atoms with van der Waals surface area (Å²) in [7, 11) is 0. The number of hydrogen-bond donors (Lipinski definition) is 0. The highest BCUT2D eigenvalue weighted by atomic mass is 16.5. The lowest BCUT2D eigenvalue weighted by Crippen LogP contribution is -2.06. The van der Waals surface area contributed by atoms with Crippen molar-refractivity contribution < 1.29 is 9.53 Å². The summed E-state index contributed by atoms with van der Waals surface area (Å²) in [6.45, 7) is 3.63. The van der Waals surface area contributed by atoms with E-state index in [2.05, 4.69) is 0 Å². The molecule has 16 heavy (non-hydrogen) atoms. The van der Waals surface area contributed by atoms with E-state index < -0.39 is 5.97 Å². The van der Waals surface area contributed by atoms with E-state index in [0.717, 1.165) is 0 Å². The van der Waals surface area contributed by atoms with E-state index in [1.54, 1.807) is 13.8 Å². The van der Waals surface area contributed by atoms with Gasteiger partial charge in [0.2, 0.25) is 0 Å². The van der Waals surface area contributed by atoms with E-state index in [0.29, 0.717) is 16.7 Å². The fourth-order valence-electron chi connectivity index (χ4n) is 1.28. The molecule has 0 amide bonds. The van der Waals surface area contributed by atoms with Gasteiger partial charge in [-0.2, -0.15) is 10.5 Å². The average molecular weight is 214 g/mol. The summed E-state index contributed by atoms with van der Waals surface area (Å²) >= 11 is 0. The number of rotatable bonds is 2. The van der Waals surface area contributed by atoms with Gasteiger partial charge in [0.05, 0.1) is 35.4 Å². The van der Waals surface area contributed by atoms with E-state index in [1.165, 1.54) is 12.1 Å². The molecular formula is C12H10N2O2. The van der Waals surface area contributed by atoms with Gasteiger partial charge < -0.3 is 4.74 Å². The number of nitrogens with zero attached hydrogens (tertiary/aromatic N) is 2. The zero-order valence-corrected chi connectivity index (χ0v) is 9.07. The number of hydrogen-bond acceptors (Lipinski definition) is 4. The van der Waals surface area contributed by atoms with Gasteiger partial charge in [0.15, 0.2) is 0 Å². The molecule has 0 heterocycles. The van der Waals surface area contributed by atoms with Gasteiger partial charge in [-0.15, -0.1) is 0 Å². The molecule has 0 spiro atoms. The molecule has 0 radical (unpaired) electrons. The molecule has 0 atom stereocenters. The van der Waals surface area contributed by atoms with Gasteiger partial charge in [-0.25, -0.2) is 4.79 Å². The Balaban J connectivity index is 3.30.